The average molecular weight is 341 g/mol. The topological polar surface area (TPSA) is 65.2 Å². The van der Waals surface area contributed by atoms with Gasteiger partial charge in [0.1, 0.15) is 0 Å². The van der Waals surface area contributed by atoms with E-state index in [1.807, 2.05) is 18.2 Å². The third kappa shape index (κ3) is 3.39. The maximum Gasteiger partial charge on any atom is 0.306 e. The number of hydrogen-bond acceptors (Lipinski definition) is 5. The first-order chi connectivity index (χ1) is 9.11. The van der Waals surface area contributed by atoms with E-state index in [0.717, 1.165) is 20.3 Å². The van der Waals surface area contributed by atoms with Crippen molar-refractivity contribution in [2.45, 2.75) is 11.3 Å². The summed E-state index contributed by atoms with van der Waals surface area (Å²) in [5, 5.41) is 0.990. The normalized spacial score (nSPS) is 10.6. The van der Waals surface area contributed by atoms with E-state index in [4.69, 9.17) is 5.73 Å². The Morgan fingerprint density at radius 3 is 3.05 bits per heavy atom. The number of esters is 1. The summed E-state index contributed by atoms with van der Waals surface area (Å²) in [5.41, 5.74) is 7.48. The average Bonchev–Trinajstić information content (AvgIpc) is 2.41. The summed E-state index contributed by atoms with van der Waals surface area (Å²) >= 11 is 4.98. The Morgan fingerprint density at radius 2 is 2.32 bits per heavy atom. The summed E-state index contributed by atoms with van der Waals surface area (Å²) in [6.45, 7) is 0. The van der Waals surface area contributed by atoms with Crippen molar-refractivity contribution in [2.24, 2.45) is 0 Å². The highest BCUT2D eigenvalue weighted by Gasteiger charge is 2.09. The van der Waals surface area contributed by atoms with Crippen LogP contribution in [-0.2, 0) is 9.53 Å². The van der Waals surface area contributed by atoms with Crippen molar-refractivity contribution >= 4 is 50.3 Å². The largest absolute Gasteiger partial charge is 0.469 e. The third-order valence-electron chi connectivity index (χ3n) is 2.59. The number of anilines is 1. The van der Waals surface area contributed by atoms with Crippen LogP contribution in [-0.4, -0.2) is 23.8 Å². The molecule has 4 nitrogen and oxygen atoms in total. The molecule has 0 radical (unpaired) electrons. The molecule has 0 amide bonds. The molecule has 0 unspecified atom stereocenters. The highest BCUT2D eigenvalue weighted by Crippen LogP contribution is 2.33. The molecule has 100 valence electrons. The number of carbonyl (C=O) groups is 1. The number of nitrogen functional groups attached to an aromatic ring is 1. The zero-order valence-corrected chi connectivity index (χ0v) is 12.8. The van der Waals surface area contributed by atoms with Crippen molar-refractivity contribution < 1.29 is 9.53 Å². The lowest BCUT2D eigenvalue weighted by atomic mass is 10.2. The smallest absolute Gasteiger partial charge is 0.306 e. The number of ether oxygens (including phenoxy) is 1. The SMILES string of the molecule is COC(=O)CCSc1c(N)cnc2ccc(Br)cc12. The summed E-state index contributed by atoms with van der Waals surface area (Å²) in [7, 11) is 1.39. The van der Waals surface area contributed by atoms with Crippen LogP contribution < -0.4 is 5.73 Å². The number of carbonyl (C=O) groups excluding carboxylic acids is 1. The number of halogens is 1. The van der Waals surface area contributed by atoms with Gasteiger partial charge >= 0.3 is 5.97 Å². The molecule has 0 spiro atoms. The maximum absolute atomic E-state index is 11.1. The first-order valence-corrected chi connectivity index (χ1v) is 7.43. The fourth-order valence-corrected chi connectivity index (χ4v) is 3.03. The minimum absolute atomic E-state index is 0.217. The molecule has 2 rings (SSSR count). The zero-order valence-electron chi connectivity index (χ0n) is 10.4. The standard InChI is InChI=1S/C13H13BrN2O2S/c1-18-12(17)4-5-19-13-9-6-8(14)2-3-11(9)16-7-10(13)15/h2-3,6-7H,4-5,15H2,1H3. The van der Waals surface area contributed by atoms with Crippen molar-refractivity contribution in [1.82, 2.24) is 4.98 Å². The fraction of sp³-hybridized carbons (Fsp3) is 0.231. The van der Waals surface area contributed by atoms with E-state index < -0.39 is 0 Å². The number of hydrogen-bond donors (Lipinski definition) is 1. The first kappa shape index (κ1) is 14.1. The Labute approximate surface area is 123 Å². The van der Waals surface area contributed by atoms with E-state index in [9.17, 15) is 4.79 Å². The summed E-state index contributed by atoms with van der Waals surface area (Å²) < 4.78 is 5.60. The van der Waals surface area contributed by atoms with Gasteiger partial charge in [0.2, 0.25) is 0 Å². The summed E-state index contributed by atoms with van der Waals surface area (Å²) in [5.74, 6) is 0.410. The van der Waals surface area contributed by atoms with Gasteiger partial charge in [0.25, 0.3) is 0 Å². The summed E-state index contributed by atoms with van der Waals surface area (Å²) in [4.78, 5) is 16.4. The number of methoxy groups -OCH3 is 1. The first-order valence-electron chi connectivity index (χ1n) is 5.65. The maximum atomic E-state index is 11.1. The van der Waals surface area contributed by atoms with Gasteiger partial charge in [-0.2, -0.15) is 0 Å². The van der Waals surface area contributed by atoms with Crippen LogP contribution in [0.2, 0.25) is 0 Å². The van der Waals surface area contributed by atoms with Crippen molar-refractivity contribution in [3.05, 3.63) is 28.9 Å². The number of nitrogens with zero attached hydrogens (tertiary/aromatic N) is 1. The van der Waals surface area contributed by atoms with Crippen LogP contribution >= 0.6 is 27.7 Å². The molecular formula is C13H13BrN2O2S. The van der Waals surface area contributed by atoms with Gasteiger partial charge in [-0.05, 0) is 18.2 Å². The van der Waals surface area contributed by atoms with Gasteiger partial charge in [-0.25, -0.2) is 0 Å². The van der Waals surface area contributed by atoms with Crippen LogP contribution in [0.4, 0.5) is 5.69 Å². The predicted molar refractivity (Wildman–Crippen MR) is 81.2 cm³/mol. The van der Waals surface area contributed by atoms with Gasteiger partial charge in [0.15, 0.2) is 0 Å². The van der Waals surface area contributed by atoms with Gasteiger partial charge in [0, 0.05) is 20.5 Å². The summed E-state index contributed by atoms with van der Waals surface area (Å²) in [6, 6.07) is 5.86. The summed E-state index contributed by atoms with van der Waals surface area (Å²) in [6.07, 6.45) is 2.01. The number of thioether (sulfide) groups is 1. The van der Waals surface area contributed by atoms with E-state index in [-0.39, 0.29) is 5.97 Å². The van der Waals surface area contributed by atoms with Crippen molar-refractivity contribution in [2.75, 3.05) is 18.6 Å². The van der Waals surface area contributed by atoms with E-state index in [1.165, 1.54) is 7.11 Å². The molecule has 6 heteroatoms. The predicted octanol–water partition coefficient (Wildman–Crippen LogP) is 3.23. The highest BCUT2D eigenvalue weighted by molar-refractivity contribution is 9.10. The lowest BCUT2D eigenvalue weighted by Crippen LogP contribution is -2.01. The Hall–Kier alpha value is -1.27. The van der Waals surface area contributed by atoms with Crippen LogP contribution in [0.25, 0.3) is 10.9 Å². The number of benzene rings is 1. The highest BCUT2D eigenvalue weighted by atomic mass is 79.9. The molecule has 0 atom stereocenters. The van der Waals surface area contributed by atoms with Gasteiger partial charge < -0.3 is 10.5 Å². The van der Waals surface area contributed by atoms with E-state index in [2.05, 4.69) is 25.7 Å². The van der Waals surface area contributed by atoms with E-state index >= 15 is 0 Å². The van der Waals surface area contributed by atoms with Crippen molar-refractivity contribution in [1.29, 1.82) is 0 Å². The number of nitrogens with two attached hydrogens (primary N) is 1. The van der Waals surface area contributed by atoms with Crippen LogP contribution in [0.1, 0.15) is 6.42 Å². The molecular weight excluding hydrogens is 328 g/mol. The minimum atomic E-state index is -0.217. The Morgan fingerprint density at radius 1 is 1.53 bits per heavy atom. The molecule has 1 aromatic carbocycles. The second-order valence-electron chi connectivity index (χ2n) is 3.88. The molecule has 1 heterocycles. The van der Waals surface area contributed by atoms with Crippen LogP contribution in [0.3, 0.4) is 0 Å². The molecule has 0 bridgehead atoms. The Balaban J connectivity index is 2.27. The molecule has 0 aliphatic rings. The lowest BCUT2D eigenvalue weighted by molar-refractivity contribution is -0.140. The number of fused-ring (bicyclic) bond motifs is 1. The fourth-order valence-electron chi connectivity index (χ4n) is 1.66. The quantitative estimate of drug-likeness (QED) is 0.683. The van der Waals surface area contributed by atoms with Crippen molar-refractivity contribution in [3.63, 3.8) is 0 Å². The van der Waals surface area contributed by atoms with Gasteiger partial charge in [0.05, 0.1) is 30.9 Å². The third-order valence-corrected chi connectivity index (χ3v) is 4.23. The second kappa shape index (κ2) is 6.25. The molecule has 0 aliphatic heterocycles. The van der Waals surface area contributed by atoms with Gasteiger partial charge in [-0.15, -0.1) is 11.8 Å². The molecule has 0 saturated heterocycles. The molecule has 0 saturated carbocycles. The molecule has 0 fully saturated rings. The number of pyridine rings is 1. The molecule has 2 aromatic rings. The molecule has 19 heavy (non-hydrogen) atoms. The van der Waals surface area contributed by atoms with Crippen LogP contribution in [0, 0.1) is 0 Å². The molecule has 2 N–H and O–H groups in total. The van der Waals surface area contributed by atoms with E-state index in [1.54, 1.807) is 18.0 Å². The lowest BCUT2D eigenvalue weighted by Gasteiger charge is -2.09. The molecule has 1 aromatic heterocycles. The number of aromatic nitrogens is 1. The van der Waals surface area contributed by atoms with Crippen LogP contribution in [0.15, 0.2) is 33.8 Å². The van der Waals surface area contributed by atoms with Gasteiger partial charge in [-0.3, -0.25) is 9.78 Å². The Bertz CT molecular complexity index is 614. The Kier molecular flexibility index (Phi) is 4.66. The zero-order chi connectivity index (χ0) is 13.8. The minimum Gasteiger partial charge on any atom is -0.469 e. The van der Waals surface area contributed by atoms with Crippen LogP contribution in [0.5, 0.6) is 0 Å². The monoisotopic (exact) mass is 340 g/mol. The van der Waals surface area contributed by atoms with Gasteiger partial charge in [-0.1, -0.05) is 15.9 Å². The van der Waals surface area contributed by atoms with Crippen molar-refractivity contribution in [3.8, 4) is 0 Å². The second-order valence-corrected chi connectivity index (χ2v) is 5.90. The van der Waals surface area contributed by atoms with E-state index in [0.29, 0.717) is 17.9 Å². The number of rotatable bonds is 4. The molecule has 0 aliphatic carbocycles.